The number of phenolic OH excluding ortho intramolecular Hbond substituents is 1. The Balaban J connectivity index is 1.41. The van der Waals surface area contributed by atoms with E-state index in [1.807, 2.05) is 25.1 Å². The van der Waals surface area contributed by atoms with E-state index in [1.165, 1.54) is 19.1 Å². The van der Waals surface area contributed by atoms with Gasteiger partial charge in [-0.25, -0.2) is 4.79 Å². The predicted octanol–water partition coefficient (Wildman–Crippen LogP) is 1.66. The molecular weight excluding hydrogens is 678 g/mol. The highest BCUT2D eigenvalue weighted by Crippen LogP contribution is 2.46. The second-order valence-electron chi connectivity index (χ2n) is 14.6. The summed E-state index contributed by atoms with van der Waals surface area (Å²) in [7, 11) is 0. The van der Waals surface area contributed by atoms with Crippen molar-refractivity contribution in [1.29, 1.82) is 0 Å². The molecule has 3 fully saturated rings. The molecule has 284 valence electrons. The van der Waals surface area contributed by atoms with Gasteiger partial charge in [-0.2, -0.15) is 0 Å². The molecule has 1 unspecified atom stereocenters. The first-order valence-corrected chi connectivity index (χ1v) is 17.4. The van der Waals surface area contributed by atoms with Crippen molar-refractivity contribution in [3.8, 4) is 5.75 Å². The maximum absolute atomic E-state index is 13.2. The number of nitrogens with zero attached hydrogens (tertiary/aromatic N) is 1. The van der Waals surface area contributed by atoms with Gasteiger partial charge in [0.15, 0.2) is 11.4 Å². The molecule has 3 aliphatic rings. The molecule has 3 heterocycles. The number of carboxylic acid groups (broad SMARTS) is 1. The average Bonchev–Trinajstić information content (AvgIpc) is 3.63. The minimum Gasteiger partial charge on any atom is -0.507 e. The third-order valence-corrected chi connectivity index (χ3v) is 10.0. The van der Waals surface area contributed by atoms with Crippen molar-refractivity contribution in [2.45, 2.75) is 121 Å². The number of nitrogens with one attached hydrogen (secondary N) is 2. The molecule has 5 rings (SSSR count). The zero-order valence-corrected chi connectivity index (χ0v) is 30.2. The Hall–Kier alpha value is -4.12. The van der Waals surface area contributed by atoms with Crippen LogP contribution in [-0.4, -0.2) is 110 Å². The summed E-state index contributed by atoms with van der Waals surface area (Å²) in [5, 5.41) is 59.6. The molecule has 7 N–H and O–H groups in total. The van der Waals surface area contributed by atoms with Gasteiger partial charge in [-0.1, -0.05) is 12.1 Å². The Morgan fingerprint density at radius 3 is 2.29 bits per heavy atom. The average molecular weight is 728 g/mol. The van der Waals surface area contributed by atoms with Crippen molar-refractivity contribution in [3.63, 3.8) is 0 Å². The number of aromatic hydroxyl groups is 1. The number of aliphatic hydroxyl groups excluding tert-OH is 3. The summed E-state index contributed by atoms with van der Waals surface area (Å²) in [6.07, 6.45) is -8.36. The molecule has 2 aromatic carbocycles. The molecule has 0 aliphatic carbocycles. The van der Waals surface area contributed by atoms with Crippen molar-refractivity contribution in [3.05, 3.63) is 58.1 Å². The van der Waals surface area contributed by atoms with Gasteiger partial charge in [0.05, 0.1) is 24.4 Å². The van der Waals surface area contributed by atoms with E-state index in [0.29, 0.717) is 35.3 Å². The molecule has 0 bridgehead atoms. The molecule has 3 saturated heterocycles. The van der Waals surface area contributed by atoms with Crippen molar-refractivity contribution in [2.75, 3.05) is 18.0 Å². The van der Waals surface area contributed by atoms with Crippen molar-refractivity contribution in [2.24, 2.45) is 0 Å². The number of carbonyl (C=O) groups is 4. The number of benzene rings is 2. The maximum Gasteiger partial charge on any atom is 0.336 e. The zero-order valence-electron chi connectivity index (χ0n) is 30.2. The number of carbonyl (C=O) groups excluding carboxylic acids is 3. The fourth-order valence-electron chi connectivity index (χ4n) is 7.43. The molecule has 52 heavy (non-hydrogen) atoms. The van der Waals surface area contributed by atoms with Gasteiger partial charge in [0.25, 0.3) is 5.91 Å². The van der Waals surface area contributed by atoms with Gasteiger partial charge < -0.3 is 55.3 Å². The van der Waals surface area contributed by atoms with Crippen molar-refractivity contribution in [1.82, 2.24) is 10.6 Å². The lowest BCUT2D eigenvalue weighted by Crippen LogP contribution is -2.68. The number of ether oxygens (including phenoxy) is 3. The molecule has 8 atom stereocenters. The highest BCUT2D eigenvalue weighted by Gasteiger charge is 2.57. The molecule has 3 aliphatic heterocycles. The SMILES string of the molecule is CC(=O)N[C@H]1[C@H]([C@H](O)[C@H](O)CNC(=O)c2cc(C)c(O)c(C)c2)O[C@@](CC2OC(C)(C)O[C@@H]2c2ccc(C)c(N3CCCC3=O)c2)(C(=O)O)C[C@@H]1O. The van der Waals surface area contributed by atoms with Gasteiger partial charge in [0.1, 0.15) is 24.1 Å². The molecule has 15 heteroatoms. The first kappa shape index (κ1) is 39.1. The molecule has 15 nitrogen and oxygen atoms in total. The quantitative estimate of drug-likeness (QED) is 0.176. The highest BCUT2D eigenvalue weighted by atomic mass is 16.8. The monoisotopic (exact) mass is 727 g/mol. The second-order valence-corrected chi connectivity index (χ2v) is 14.6. The number of aliphatic carboxylic acids is 1. The van der Waals surface area contributed by atoms with E-state index in [0.717, 1.165) is 12.0 Å². The minimum atomic E-state index is -2.20. The largest absolute Gasteiger partial charge is 0.507 e. The van der Waals surface area contributed by atoms with Crippen LogP contribution in [0.25, 0.3) is 0 Å². The number of hydrogen-bond acceptors (Lipinski definition) is 11. The lowest BCUT2D eigenvalue weighted by Gasteiger charge is -2.48. The van der Waals surface area contributed by atoms with Crippen LogP contribution in [0.2, 0.25) is 0 Å². The second kappa shape index (κ2) is 15.1. The van der Waals surface area contributed by atoms with Crippen molar-refractivity contribution >= 4 is 29.4 Å². The minimum absolute atomic E-state index is 0.000712. The summed E-state index contributed by atoms with van der Waals surface area (Å²) in [6, 6.07) is 7.08. The zero-order chi connectivity index (χ0) is 38.3. The van der Waals surface area contributed by atoms with Gasteiger partial charge in [0.2, 0.25) is 11.8 Å². The third kappa shape index (κ3) is 8.09. The fraction of sp³-hybridized carbons (Fsp3) is 0.568. The van der Waals surface area contributed by atoms with Crippen molar-refractivity contribution < 1.29 is 58.9 Å². The van der Waals surface area contributed by atoms with Crippen LogP contribution in [0.15, 0.2) is 30.3 Å². The molecule has 3 amide bonds. The van der Waals surface area contributed by atoms with Gasteiger partial charge in [0, 0.05) is 50.5 Å². The summed E-state index contributed by atoms with van der Waals surface area (Å²) < 4.78 is 18.7. The summed E-state index contributed by atoms with van der Waals surface area (Å²) >= 11 is 0. The van der Waals surface area contributed by atoms with Gasteiger partial charge in [-0.05, 0) is 81.5 Å². The van der Waals surface area contributed by atoms with E-state index in [1.54, 1.807) is 32.6 Å². The highest BCUT2D eigenvalue weighted by molar-refractivity contribution is 5.96. The molecular formula is C37H49N3O12. The lowest BCUT2D eigenvalue weighted by molar-refractivity contribution is -0.236. The van der Waals surface area contributed by atoms with Crippen LogP contribution in [-0.2, 0) is 28.6 Å². The topological polar surface area (TPSA) is 224 Å². The van der Waals surface area contributed by atoms with Crippen LogP contribution in [0.4, 0.5) is 5.69 Å². The van der Waals surface area contributed by atoms with Crippen LogP contribution >= 0.6 is 0 Å². The maximum atomic E-state index is 13.2. The van der Waals surface area contributed by atoms with Crippen LogP contribution in [0, 0.1) is 20.8 Å². The normalized spacial score (nSPS) is 28.4. The van der Waals surface area contributed by atoms with E-state index < -0.39 is 84.8 Å². The first-order chi connectivity index (χ1) is 24.3. The number of aryl methyl sites for hydroxylation is 3. The number of phenols is 1. The fourth-order valence-corrected chi connectivity index (χ4v) is 7.43. The van der Waals surface area contributed by atoms with Crippen LogP contribution in [0.1, 0.15) is 85.2 Å². The van der Waals surface area contributed by atoms with Gasteiger partial charge >= 0.3 is 5.97 Å². The number of aliphatic hydroxyl groups is 3. The van der Waals surface area contributed by atoms with Crippen LogP contribution in [0.5, 0.6) is 5.75 Å². The van der Waals surface area contributed by atoms with Crippen LogP contribution in [0.3, 0.4) is 0 Å². The number of amides is 3. The summed E-state index contributed by atoms with van der Waals surface area (Å²) in [5.41, 5.74) is 1.14. The molecule has 0 radical (unpaired) electrons. The third-order valence-electron chi connectivity index (χ3n) is 10.0. The summed E-state index contributed by atoms with van der Waals surface area (Å²) in [5.74, 6) is -3.82. The number of hydrogen-bond donors (Lipinski definition) is 7. The number of anilines is 1. The summed E-state index contributed by atoms with van der Waals surface area (Å²) in [6.45, 7) is 9.73. The predicted molar refractivity (Wildman–Crippen MR) is 186 cm³/mol. The molecule has 0 saturated carbocycles. The van der Waals surface area contributed by atoms with E-state index in [-0.39, 0.29) is 23.6 Å². The Labute approximate surface area is 301 Å². The molecule has 0 aromatic heterocycles. The van der Waals surface area contributed by atoms with E-state index >= 15 is 0 Å². The Kier molecular flexibility index (Phi) is 11.3. The van der Waals surface area contributed by atoms with Crippen LogP contribution < -0.4 is 15.5 Å². The lowest BCUT2D eigenvalue weighted by atomic mass is 9.79. The summed E-state index contributed by atoms with van der Waals surface area (Å²) in [4.78, 5) is 52.6. The smallest absolute Gasteiger partial charge is 0.336 e. The van der Waals surface area contributed by atoms with Gasteiger partial charge in [-0.15, -0.1) is 0 Å². The van der Waals surface area contributed by atoms with Gasteiger partial charge in [-0.3, -0.25) is 14.4 Å². The Morgan fingerprint density at radius 1 is 1.02 bits per heavy atom. The first-order valence-electron chi connectivity index (χ1n) is 17.4. The Morgan fingerprint density at radius 2 is 1.69 bits per heavy atom. The van der Waals surface area contributed by atoms with E-state index in [2.05, 4.69) is 10.6 Å². The Bertz CT molecular complexity index is 1690. The molecule has 2 aromatic rings. The number of carboxylic acids is 1. The van der Waals surface area contributed by atoms with E-state index in [4.69, 9.17) is 14.2 Å². The number of rotatable bonds is 11. The van der Waals surface area contributed by atoms with E-state index in [9.17, 15) is 44.7 Å². The standard InChI is InChI=1S/C37H49N3O12/c1-18-9-10-22(14-24(18)40-11-7-8-28(40)44)32-27(50-36(5,6)51-32)16-37(35(48)49)15-25(42)29(39-21(4)41)33(52-37)31(46)26(43)17-38-34(47)23-12-19(2)30(45)20(3)13-23/h9-10,12-14,25-27,29,31-33,42-43,45-46H,7-8,11,15-17H2,1-6H3,(H,38,47)(H,39,41)(H,48,49)/t25-,26+,27?,29+,31+,32+,33+,37-/m0/s1. The molecule has 0 spiro atoms.